The molecule has 4 bridgehead atoms. The molecule has 2 N–H and O–H groups in total. The molecule has 1 aromatic carbocycles. The van der Waals surface area contributed by atoms with E-state index in [2.05, 4.69) is 10.6 Å². The Bertz CT molecular complexity index is 834. The summed E-state index contributed by atoms with van der Waals surface area (Å²) < 4.78 is 18.4. The monoisotopic (exact) mass is 430 g/mol. The van der Waals surface area contributed by atoms with E-state index in [0.29, 0.717) is 17.8 Å². The molecule has 0 spiro atoms. The van der Waals surface area contributed by atoms with E-state index in [1.807, 2.05) is 13.8 Å². The number of anilines is 1. The highest BCUT2D eigenvalue weighted by Crippen LogP contribution is 2.60. The number of carbonyl (C=O) groups excluding carboxylic acids is 3. The molecule has 4 aliphatic rings. The molecule has 5 rings (SSSR count). The van der Waals surface area contributed by atoms with Crippen LogP contribution in [0.15, 0.2) is 24.3 Å². The Balaban J connectivity index is 1.33. The number of carbonyl (C=O) groups is 3. The lowest BCUT2D eigenvalue weighted by Crippen LogP contribution is -2.57. The third kappa shape index (κ3) is 4.75. The highest BCUT2D eigenvalue weighted by atomic mass is 19.1. The molecule has 4 aliphatic carbocycles. The van der Waals surface area contributed by atoms with Crippen molar-refractivity contribution in [2.45, 2.75) is 58.4 Å². The molecule has 0 saturated heterocycles. The van der Waals surface area contributed by atoms with E-state index in [9.17, 15) is 18.8 Å². The molecule has 0 aromatic heterocycles. The van der Waals surface area contributed by atoms with Gasteiger partial charge < -0.3 is 15.4 Å². The van der Waals surface area contributed by atoms with Gasteiger partial charge in [-0.05, 0) is 80.4 Å². The van der Waals surface area contributed by atoms with Gasteiger partial charge in [0.2, 0.25) is 5.91 Å². The molecular formula is C24H31FN2O4. The maximum absolute atomic E-state index is 13.3. The van der Waals surface area contributed by atoms with E-state index in [-0.39, 0.29) is 22.9 Å². The number of esters is 1. The van der Waals surface area contributed by atoms with Gasteiger partial charge in [-0.15, -0.1) is 0 Å². The molecule has 31 heavy (non-hydrogen) atoms. The number of rotatable bonds is 7. The fourth-order valence-electron chi connectivity index (χ4n) is 6.17. The molecule has 2 amide bonds. The molecule has 7 heteroatoms. The second kappa shape index (κ2) is 8.60. The Hall–Kier alpha value is -2.44. The van der Waals surface area contributed by atoms with Crippen LogP contribution in [0.3, 0.4) is 0 Å². The molecule has 0 unspecified atom stereocenters. The minimum Gasteiger partial charge on any atom is -0.454 e. The first kappa shape index (κ1) is 21.8. The lowest BCUT2D eigenvalue weighted by Gasteiger charge is -2.55. The van der Waals surface area contributed by atoms with Crippen molar-refractivity contribution < 1.29 is 23.5 Å². The van der Waals surface area contributed by atoms with Crippen LogP contribution in [0.5, 0.6) is 0 Å². The first-order valence-corrected chi connectivity index (χ1v) is 11.3. The second-order valence-electron chi connectivity index (χ2n) is 10.1. The van der Waals surface area contributed by atoms with Crippen molar-refractivity contribution in [3.63, 3.8) is 0 Å². The van der Waals surface area contributed by atoms with Crippen LogP contribution < -0.4 is 10.6 Å². The Kier molecular flexibility index (Phi) is 6.04. The first-order valence-electron chi connectivity index (χ1n) is 11.3. The molecule has 6 nitrogen and oxygen atoms in total. The fraction of sp³-hybridized carbons (Fsp3) is 0.625. The summed E-state index contributed by atoms with van der Waals surface area (Å²) in [6, 6.07) is 4.68. The smallest absolute Gasteiger partial charge is 0.329 e. The summed E-state index contributed by atoms with van der Waals surface area (Å²) in [4.78, 5) is 38.0. The summed E-state index contributed by atoms with van der Waals surface area (Å²) in [5.74, 6) is 0.0374. The normalized spacial score (nSPS) is 29.5. The minimum absolute atomic E-state index is 0.0357. The largest absolute Gasteiger partial charge is 0.454 e. The van der Waals surface area contributed by atoms with Gasteiger partial charge in [-0.3, -0.25) is 9.59 Å². The third-order valence-corrected chi connectivity index (χ3v) is 7.18. The molecule has 0 heterocycles. The van der Waals surface area contributed by atoms with Crippen LogP contribution in [0.2, 0.25) is 0 Å². The number of nitrogens with one attached hydrogen (secondary N) is 2. The van der Waals surface area contributed by atoms with Gasteiger partial charge in [-0.1, -0.05) is 19.9 Å². The topological polar surface area (TPSA) is 84.5 Å². The average Bonchev–Trinajstić information content (AvgIpc) is 2.68. The van der Waals surface area contributed by atoms with Crippen molar-refractivity contribution in [1.82, 2.24) is 5.32 Å². The lowest BCUT2D eigenvalue weighted by molar-refractivity contribution is -0.156. The van der Waals surface area contributed by atoms with E-state index in [0.717, 1.165) is 19.3 Å². The number of amides is 2. The number of hydrogen-bond acceptors (Lipinski definition) is 4. The molecular weight excluding hydrogens is 399 g/mol. The summed E-state index contributed by atoms with van der Waals surface area (Å²) in [5, 5.41) is 5.45. The highest BCUT2D eigenvalue weighted by molar-refractivity contribution is 5.94. The Labute approximate surface area is 182 Å². The van der Waals surface area contributed by atoms with E-state index in [1.165, 1.54) is 37.5 Å². The predicted molar refractivity (Wildman–Crippen MR) is 113 cm³/mol. The number of hydrogen-bond donors (Lipinski definition) is 2. The number of halogens is 1. The molecule has 0 radical (unpaired) electrons. The zero-order chi connectivity index (χ0) is 22.2. The number of ether oxygens (including phenoxy) is 1. The van der Waals surface area contributed by atoms with Crippen molar-refractivity contribution in [1.29, 1.82) is 0 Å². The first-order chi connectivity index (χ1) is 14.7. The average molecular weight is 431 g/mol. The Morgan fingerprint density at radius 1 is 1.10 bits per heavy atom. The molecule has 1 aromatic rings. The van der Waals surface area contributed by atoms with Gasteiger partial charge in [0.05, 0.1) is 0 Å². The minimum atomic E-state index is -0.803. The maximum atomic E-state index is 13.3. The zero-order valence-electron chi connectivity index (χ0n) is 18.2. The van der Waals surface area contributed by atoms with Crippen LogP contribution in [0.25, 0.3) is 0 Å². The molecule has 168 valence electrons. The van der Waals surface area contributed by atoms with E-state index >= 15 is 0 Å². The van der Waals surface area contributed by atoms with Crippen LogP contribution in [0.4, 0.5) is 10.1 Å². The van der Waals surface area contributed by atoms with Crippen LogP contribution in [-0.2, 0) is 19.1 Å². The highest BCUT2D eigenvalue weighted by Gasteiger charge is 2.55. The van der Waals surface area contributed by atoms with Gasteiger partial charge in [0.15, 0.2) is 6.61 Å². The van der Waals surface area contributed by atoms with Gasteiger partial charge in [-0.2, -0.15) is 0 Å². The second-order valence-corrected chi connectivity index (χ2v) is 10.1. The Morgan fingerprint density at radius 2 is 1.71 bits per heavy atom. The van der Waals surface area contributed by atoms with Gasteiger partial charge >= 0.3 is 5.97 Å². The standard InChI is InChI=1S/C24H31FN2O4/c1-14(2)21(22(29)31-13-20(28)26-19-5-3-4-18(25)9-19)27-23(30)24-10-15-6-16(11-24)8-17(7-15)12-24/h3-5,9,14-17,21H,6-8,10-13H2,1-2H3,(H,26,28)(H,27,30)/t15?,16?,17?,21-,24?/m0/s1. The predicted octanol–water partition coefficient (Wildman–Crippen LogP) is 3.66. The van der Waals surface area contributed by atoms with Gasteiger partial charge in [-0.25, -0.2) is 9.18 Å². The summed E-state index contributed by atoms with van der Waals surface area (Å²) >= 11 is 0. The fourth-order valence-corrected chi connectivity index (χ4v) is 6.17. The van der Waals surface area contributed by atoms with Crippen molar-refractivity contribution in [2.24, 2.45) is 29.1 Å². The van der Waals surface area contributed by atoms with Crippen molar-refractivity contribution >= 4 is 23.5 Å². The van der Waals surface area contributed by atoms with E-state index < -0.39 is 30.3 Å². The van der Waals surface area contributed by atoms with Crippen LogP contribution >= 0.6 is 0 Å². The third-order valence-electron chi connectivity index (χ3n) is 7.18. The van der Waals surface area contributed by atoms with Crippen LogP contribution in [-0.4, -0.2) is 30.4 Å². The van der Waals surface area contributed by atoms with Crippen LogP contribution in [0.1, 0.15) is 52.4 Å². The van der Waals surface area contributed by atoms with Crippen molar-refractivity contribution in [3.05, 3.63) is 30.1 Å². The summed E-state index contributed by atoms with van der Waals surface area (Å²) in [6.07, 6.45) is 6.47. The summed E-state index contributed by atoms with van der Waals surface area (Å²) in [6.45, 7) is 3.20. The zero-order valence-corrected chi connectivity index (χ0v) is 18.2. The SMILES string of the molecule is CC(C)[C@H](NC(=O)C12CC3CC(CC(C3)C1)C2)C(=O)OCC(=O)Nc1cccc(F)c1. The van der Waals surface area contributed by atoms with Gasteiger partial charge in [0, 0.05) is 11.1 Å². The van der Waals surface area contributed by atoms with Crippen LogP contribution in [0, 0.1) is 34.9 Å². The molecule has 4 saturated carbocycles. The van der Waals surface area contributed by atoms with Crippen molar-refractivity contribution in [3.8, 4) is 0 Å². The lowest BCUT2D eigenvalue weighted by atomic mass is 9.49. The maximum Gasteiger partial charge on any atom is 0.329 e. The molecule has 1 atom stereocenters. The van der Waals surface area contributed by atoms with E-state index in [1.54, 1.807) is 6.07 Å². The molecule has 0 aliphatic heterocycles. The molecule has 4 fully saturated rings. The van der Waals surface area contributed by atoms with E-state index in [4.69, 9.17) is 4.74 Å². The number of benzene rings is 1. The van der Waals surface area contributed by atoms with Gasteiger partial charge in [0.25, 0.3) is 5.91 Å². The summed E-state index contributed by atoms with van der Waals surface area (Å²) in [5.41, 5.74) is -0.0618. The Morgan fingerprint density at radius 3 is 2.26 bits per heavy atom. The quantitative estimate of drug-likeness (QED) is 0.647. The van der Waals surface area contributed by atoms with Gasteiger partial charge in [0.1, 0.15) is 11.9 Å². The van der Waals surface area contributed by atoms with Crippen molar-refractivity contribution in [2.75, 3.05) is 11.9 Å². The summed E-state index contributed by atoms with van der Waals surface area (Å²) in [7, 11) is 0.